The standard InChI is InChI=1S/C22H20FN3O2S/c23-16-6-3-7-17(13-16)25-22(28)21(27)24-14-19(20-9-4-12-29-20)26-11-10-15-5-1-2-8-18(15)26/h1-9,12-13,19H,10-11,14H2,(H,24,27)(H,25,28). The van der Waals surface area contributed by atoms with Crippen LogP contribution in [0, 0.1) is 5.82 Å². The highest BCUT2D eigenvalue weighted by Gasteiger charge is 2.28. The van der Waals surface area contributed by atoms with E-state index in [9.17, 15) is 14.0 Å². The molecule has 2 amide bonds. The Morgan fingerprint density at radius 3 is 2.72 bits per heavy atom. The molecule has 4 rings (SSSR count). The summed E-state index contributed by atoms with van der Waals surface area (Å²) in [6, 6.07) is 17.6. The molecule has 1 aliphatic rings. The number of amides is 2. The number of rotatable bonds is 5. The molecular formula is C22H20FN3O2S. The van der Waals surface area contributed by atoms with Crippen LogP contribution in [0.1, 0.15) is 16.5 Å². The summed E-state index contributed by atoms with van der Waals surface area (Å²) in [6.45, 7) is 1.15. The number of hydrogen-bond donors (Lipinski definition) is 2. The van der Waals surface area contributed by atoms with Crippen molar-refractivity contribution in [2.75, 3.05) is 23.3 Å². The van der Waals surface area contributed by atoms with E-state index in [0.717, 1.165) is 23.5 Å². The molecule has 3 aromatic rings. The van der Waals surface area contributed by atoms with E-state index in [-0.39, 0.29) is 11.7 Å². The highest BCUT2D eigenvalue weighted by Crippen LogP contribution is 2.36. The van der Waals surface area contributed by atoms with E-state index < -0.39 is 17.6 Å². The fourth-order valence-electron chi connectivity index (χ4n) is 3.56. The second-order valence-electron chi connectivity index (χ2n) is 6.78. The average molecular weight is 409 g/mol. The van der Waals surface area contributed by atoms with Crippen molar-refractivity contribution in [1.29, 1.82) is 0 Å². The van der Waals surface area contributed by atoms with Crippen molar-refractivity contribution in [1.82, 2.24) is 5.32 Å². The van der Waals surface area contributed by atoms with Gasteiger partial charge in [-0.1, -0.05) is 30.3 Å². The number of nitrogens with zero attached hydrogens (tertiary/aromatic N) is 1. The molecule has 0 radical (unpaired) electrons. The molecule has 29 heavy (non-hydrogen) atoms. The molecule has 0 aliphatic carbocycles. The van der Waals surface area contributed by atoms with Crippen LogP contribution in [-0.2, 0) is 16.0 Å². The Morgan fingerprint density at radius 1 is 1.07 bits per heavy atom. The Kier molecular flexibility index (Phi) is 5.57. The minimum atomic E-state index is -0.817. The molecule has 1 atom stereocenters. The Balaban J connectivity index is 1.45. The van der Waals surface area contributed by atoms with Gasteiger partial charge < -0.3 is 15.5 Å². The Bertz CT molecular complexity index is 1020. The molecule has 2 heterocycles. The predicted octanol–water partition coefficient (Wildman–Crippen LogP) is 3.75. The van der Waals surface area contributed by atoms with Crippen molar-refractivity contribution >= 4 is 34.5 Å². The number of halogens is 1. The second kappa shape index (κ2) is 8.45. The lowest BCUT2D eigenvalue weighted by atomic mass is 10.1. The summed E-state index contributed by atoms with van der Waals surface area (Å²) in [7, 11) is 0. The Labute approximate surface area is 172 Å². The summed E-state index contributed by atoms with van der Waals surface area (Å²) >= 11 is 1.62. The smallest absolute Gasteiger partial charge is 0.313 e. The molecule has 0 bridgehead atoms. The third-order valence-electron chi connectivity index (χ3n) is 4.92. The summed E-state index contributed by atoms with van der Waals surface area (Å²) in [5.74, 6) is -2.04. The molecular weight excluding hydrogens is 389 g/mol. The van der Waals surface area contributed by atoms with Crippen LogP contribution in [0.5, 0.6) is 0 Å². The van der Waals surface area contributed by atoms with Gasteiger partial charge in [0.05, 0.1) is 6.04 Å². The first-order valence-electron chi connectivity index (χ1n) is 9.34. The summed E-state index contributed by atoms with van der Waals surface area (Å²) in [5, 5.41) is 7.16. The maximum atomic E-state index is 13.3. The van der Waals surface area contributed by atoms with Crippen LogP contribution in [0.3, 0.4) is 0 Å². The lowest BCUT2D eigenvalue weighted by Crippen LogP contribution is -2.41. The normalized spacial score (nSPS) is 13.6. The molecule has 1 aromatic heterocycles. The number of para-hydroxylation sites is 1. The number of anilines is 2. The molecule has 0 saturated heterocycles. The van der Waals surface area contributed by atoms with Crippen molar-refractivity contribution in [3.8, 4) is 0 Å². The van der Waals surface area contributed by atoms with Crippen molar-refractivity contribution in [3.05, 3.63) is 82.3 Å². The van der Waals surface area contributed by atoms with Gasteiger partial charge in [0.15, 0.2) is 0 Å². The number of carbonyl (C=O) groups excluding carboxylic acids is 2. The lowest BCUT2D eigenvalue weighted by Gasteiger charge is -2.30. The van der Waals surface area contributed by atoms with Gasteiger partial charge in [0.1, 0.15) is 5.82 Å². The number of fused-ring (bicyclic) bond motifs is 1. The van der Waals surface area contributed by atoms with Crippen LogP contribution in [0.25, 0.3) is 0 Å². The van der Waals surface area contributed by atoms with Gasteiger partial charge in [0.2, 0.25) is 0 Å². The quantitative estimate of drug-likeness (QED) is 0.631. The zero-order valence-corrected chi connectivity index (χ0v) is 16.4. The van der Waals surface area contributed by atoms with Gasteiger partial charge in [-0.05, 0) is 47.7 Å². The monoisotopic (exact) mass is 409 g/mol. The fourth-order valence-corrected chi connectivity index (χ4v) is 4.40. The van der Waals surface area contributed by atoms with Crippen LogP contribution >= 0.6 is 11.3 Å². The summed E-state index contributed by atoms with van der Waals surface area (Å²) in [4.78, 5) is 27.9. The average Bonchev–Trinajstić information content (AvgIpc) is 3.39. The Hall–Kier alpha value is -3.19. The second-order valence-corrected chi connectivity index (χ2v) is 7.76. The van der Waals surface area contributed by atoms with E-state index in [1.54, 1.807) is 11.3 Å². The summed E-state index contributed by atoms with van der Waals surface area (Å²) in [5.41, 5.74) is 2.68. The zero-order chi connectivity index (χ0) is 20.2. The molecule has 148 valence electrons. The number of benzene rings is 2. The van der Waals surface area contributed by atoms with Crippen molar-refractivity contribution in [3.63, 3.8) is 0 Å². The Morgan fingerprint density at radius 2 is 1.93 bits per heavy atom. The first kappa shape index (κ1) is 19.1. The molecule has 5 nitrogen and oxygen atoms in total. The lowest BCUT2D eigenvalue weighted by molar-refractivity contribution is -0.136. The summed E-state index contributed by atoms with van der Waals surface area (Å²) < 4.78 is 13.3. The number of hydrogen-bond acceptors (Lipinski definition) is 4. The van der Waals surface area contributed by atoms with Gasteiger partial charge in [-0.25, -0.2) is 4.39 Å². The number of thiophene rings is 1. The third-order valence-corrected chi connectivity index (χ3v) is 5.89. The van der Waals surface area contributed by atoms with Crippen molar-refractivity contribution < 1.29 is 14.0 Å². The SMILES string of the molecule is O=C(NCC(c1cccs1)N1CCc2ccccc21)C(=O)Nc1cccc(F)c1. The van der Waals surface area contributed by atoms with Crippen LogP contribution < -0.4 is 15.5 Å². The van der Waals surface area contributed by atoms with Gasteiger partial charge in [-0.15, -0.1) is 11.3 Å². The molecule has 0 saturated carbocycles. The predicted molar refractivity (Wildman–Crippen MR) is 113 cm³/mol. The maximum Gasteiger partial charge on any atom is 0.313 e. The summed E-state index contributed by atoms with van der Waals surface area (Å²) in [6.07, 6.45) is 0.950. The minimum absolute atomic E-state index is 0.0652. The van der Waals surface area contributed by atoms with Crippen molar-refractivity contribution in [2.45, 2.75) is 12.5 Å². The number of nitrogens with one attached hydrogen (secondary N) is 2. The van der Waals surface area contributed by atoms with E-state index in [4.69, 9.17) is 0 Å². The maximum absolute atomic E-state index is 13.3. The molecule has 7 heteroatoms. The highest BCUT2D eigenvalue weighted by atomic mass is 32.1. The van der Waals surface area contributed by atoms with E-state index >= 15 is 0 Å². The highest BCUT2D eigenvalue weighted by molar-refractivity contribution is 7.10. The van der Waals surface area contributed by atoms with Gasteiger partial charge >= 0.3 is 11.8 Å². The molecule has 2 aromatic carbocycles. The topological polar surface area (TPSA) is 61.4 Å². The molecule has 0 spiro atoms. The molecule has 0 fully saturated rings. The van der Waals surface area contributed by atoms with E-state index in [1.807, 2.05) is 29.6 Å². The minimum Gasteiger partial charge on any atom is -0.361 e. The van der Waals surface area contributed by atoms with Gasteiger partial charge in [-0.3, -0.25) is 9.59 Å². The van der Waals surface area contributed by atoms with E-state index in [1.165, 1.54) is 29.8 Å². The van der Waals surface area contributed by atoms with Gasteiger partial charge in [0.25, 0.3) is 0 Å². The van der Waals surface area contributed by atoms with Crippen LogP contribution in [0.15, 0.2) is 66.0 Å². The van der Waals surface area contributed by atoms with Gasteiger partial charge in [-0.2, -0.15) is 0 Å². The zero-order valence-electron chi connectivity index (χ0n) is 15.6. The fraction of sp³-hybridized carbons (Fsp3) is 0.182. The van der Waals surface area contributed by atoms with Gasteiger partial charge in [0, 0.05) is 29.3 Å². The number of carbonyl (C=O) groups is 2. The van der Waals surface area contributed by atoms with Crippen LogP contribution in [0.4, 0.5) is 15.8 Å². The van der Waals surface area contributed by atoms with Crippen molar-refractivity contribution in [2.24, 2.45) is 0 Å². The largest absolute Gasteiger partial charge is 0.361 e. The molecule has 1 unspecified atom stereocenters. The van der Waals surface area contributed by atoms with Crippen LogP contribution in [-0.4, -0.2) is 24.9 Å². The third kappa shape index (κ3) is 4.30. The first-order valence-corrected chi connectivity index (χ1v) is 10.2. The van der Waals surface area contributed by atoms with E-state index in [2.05, 4.69) is 27.7 Å². The van der Waals surface area contributed by atoms with Crippen LogP contribution in [0.2, 0.25) is 0 Å². The molecule has 1 aliphatic heterocycles. The first-order chi connectivity index (χ1) is 14.1. The molecule has 2 N–H and O–H groups in total. The van der Waals surface area contributed by atoms with E-state index in [0.29, 0.717) is 6.54 Å².